The van der Waals surface area contributed by atoms with Crippen LogP contribution in [0.25, 0.3) is 16.9 Å². The molecule has 2 aliphatic heterocycles. The van der Waals surface area contributed by atoms with Gasteiger partial charge in [-0.3, -0.25) is 4.90 Å². The Bertz CT molecular complexity index is 1750. The fourth-order valence-electron chi connectivity index (χ4n) is 7.33. The van der Waals surface area contributed by atoms with Crippen molar-refractivity contribution < 1.29 is 18.6 Å². The van der Waals surface area contributed by atoms with Crippen LogP contribution in [0.1, 0.15) is 50.1 Å². The van der Waals surface area contributed by atoms with E-state index in [2.05, 4.69) is 38.4 Å². The Morgan fingerprint density at radius 1 is 1.00 bits per heavy atom. The number of fused-ring (bicyclic) bond motifs is 3. The maximum Gasteiger partial charge on any atom is 0.258 e. The topological polar surface area (TPSA) is 96.8 Å². The summed E-state index contributed by atoms with van der Waals surface area (Å²) < 4.78 is 38.3. The van der Waals surface area contributed by atoms with Crippen LogP contribution >= 0.6 is 0 Å². The third-order valence-electron chi connectivity index (χ3n) is 9.66. The molecule has 2 saturated heterocycles. The minimum atomic E-state index is -1.03. The van der Waals surface area contributed by atoms with Crippen LogP contribution in [0, 0.1) is 18.6 Å². The fourth-order valence-corrected chi connectivity index (χ4v) is 7.33. The molecule has 12 heteroatoms. The lowest BCUT2D eigenvalue weighted by Gasteiger charge is -2.54. The molecular weight excluding hydrogens is 578 g/mol. The van der Waals surface area contributed by atoms with Crippen molar-refractivity contribution in [3.05, 3.63) is 83.4 Å². The summed E-state index contributed by atoms with van der Waals surface area (Å²) in [6.45, 7) is 8.59. The van der Waals surface area contributed by atoms with E-state index < -0.39 is 5.54 Å². The molecule has 5 heterocycles. The number of aliphatic hydroxyl groups excluding tert-OH is 1. The van der Waals surface area contributed by atoms with Crippen molar-refractivity contribution in [1.82, 2.24) is 34.0 Å². The number of anilines is 1. The fraction of sp³-hybridized carbons (Fsp3) is 0.455. The largest absolute Gasteiger partial charge is 0.394 e. The molecule has 5 aromatic rings. The first-order valence-corrected chi connectivity index (χ1v) is 15.7. The molecule has 0 spiro atoms. The Kier molecular flexibility index (Phi) is 7.74. The van der Waals surface area contributed by atoms with Gasteiger partial charge in [-0.1, -0.05) is 31.2 Å². The first-order chi connectivity index (χ1) is 21.8. The van der Waals surface area contributed by atoms with E-state index in [0.717, 1.165) is 59.8 Å². The Hall–Kier alpha value is -4.00. The van der Waals surface area contributed by atoms with Crippen LogP contribution in [-0.2, 0) is 16.8 Å². The summed E-state index contributed by atoms with van der Waals surface area (Å²) in [4.78, 5) is 14.6. The Morgan fingerprint density at radius 3 is 2.29 bits per heavy atom. The summed E-state index contributed by atoms with van der Waals surface area (Å²) in [5.41, 5.74) is 2.12. The van der Waals surface area contributed by atoms with Crippen molar-refractivity contribution in [3.63, 3.8) is 0 Å². The third-order valence-corrected chi connectivity index (χ3v) is 9.66. The van der Waals surface area contributed by atoms with Crippen LogP contribution < -0.4 is 4.90 Å². The number of piperazine rings is 1. The number of aryl methyl sites for hydroxylation is 1. The quantitative estimate of drug-likeness (QED) is 0.273. The number of hydrogen-bond donors (Lipinski definition) is 1. The van der Waals surface area contributed by atoms with E-state index in [9.17, 15) is 13.9 Å². The molecule has 2 fully saturated rings. The molecule has 2 aromatic carbocycles. The second-order valence-corrected chi connectivity index (χ2v) is 12.3. The standard InChI is InChI=1S/C33H38F2N8O2/c1-4-27-17-40(30-29-31(42-20-36-39-32(42)38-30)41(22(3)37-29)18-28-6-5-15-45-28)21(2)16-43(27)33(19-44,23-7-11-25(34)12-8-23)24-9-13-26(35)14-10-24/h7-14,20-21,27-28,44H,4-6,15-19H2,1-3H3/t21-,27+,28?/m0/s1. The maximum atomic E-state index is 14.1. The minimum Gasteiger partial charge on any atom is -0.394 e. The number of aromatic nitrogens is 6. The highest BCUT2D eigenvalue weighted by Crippen LogP contribution is 2.41. The van der Waals surface area contributed by atoms with Gasteiger partial charge in [-0.15, -0.1) is 10.2 Å². The average molecular weight is 617 g/mol. The van der Waals surface area contributed by atoms with E-state index in [-0.39, 0.29) is 36.4 Å². The van der Waals surface area contributed by atoms with E-state index in [1.165, 1.54) is 24.3 Å². The van der Waals surface area contributed by atoms with Crippen LogP contribution in [0.2, 0.25) is 0 Å². The molecule has 0 aliphatic carbocycles. The SMILES string of the molecule is CC[C@@H]1CN(c2nc3nncn3c3c2nc(C)n3CC2CCCO2)[C@@H](C)CN1C(CO)(c1ccc(F)cc1)c1ccc(F)cc1. The number of aliphatic hydroxyl groups is 1. The number of nitrogens with zero attached hydrogens (tertiary/aromatic N) is 8. The highest BCUT2D eigenvalue weighted by atomic mass is 19.1. The first kappa shape index (κ1) is 29.7. The highest BCUT2D eigenvalue weighted by molar-refractivity contribution is 5.87. The molecule has 0 amide bonds. The second kappa shape index (κ2) is 11.7. The molecule has 0 saturated carbocycles. The normalized spacial score (nSPS) is 21.4. The van der Waals surface area contributed by atoms with Crippen molar-refractivity contribution in [3.8, 4) is 0 Å². The second-order valence-electron chi connectivity index (χ2n) is 12.3. The molecule has 3 aromatic heterocycles. The molecule has 236 valence electrons. The van der Waals surface area contributed by atoms with Crippen molar-refractivity contribution in [1.29, 1.82) is 0 Å². The molecule has 45 heavy (non-hydrogen) atoms. The number of hydrogen-bond acceptors (Lipinski definition) is 8. The Labute approximate surface area is 260 Å². The van der Waals surface area contributed by atoms with Gasteiger partial charge < -0.3 is 19.3 Å². The van der Waals surface area contributed by atoms with Gasteiger partial charge in [0.05, 0.1) is 24.8 Å². The summed E-state index contributed by atoms with van der Waals surface area (Å²) in [5, 5.41) is 19.8. The van der Waals surface area contributed by atoms with Gasteiger partial charge in [0, 0.05) is 31.8 Å². The van der Waals surface area contributed by atoms with E-state index in [0.29, 0.717) is 25.4 Å². The van der Waals surface area contributed by atoms with Gasteiger partial charge in [0.2, 0.25) is 0 Å². The van der Waals surface area contributed by atoms with Gasteiger partial charge in [-0.25, -0.2) is 18.2 Å². The maximum absolute atomic E-state index is 14.1. The molecule has 0 radical (unpaired) electrons. The zero-order chi connectivity index (χ0) is 31.3. The van der Waals surface area contributed by atoms with Gasteiger partial charge >= 0.3 is 0 Å². The van der Waals surface area contributed by atoms with Crippen molar-refractivity contribution in [2.24, 2.45) is 0 Å². The van der Waals surface area contributed by atoms with Gasteiger partial charge in [-0.2, -0.15) is 4.98 Å². The van der Waals surface area contributed by atoms with Gasteiger partial charge in [0.25, 0.3) is 5.78 Å². The summed E-state index contributed by atoms with van der Waals surface area (Å²) in [7, 11) is 0. The molecule has 10 nitrogen and oxygen atoms in total. The van der Waals surface area contributed by atoms with E-state index in [1.54, 1.807) is 30.6 Å². The zero-order valence-corrected chi connectivity index (χ0v) is 25.8. The average Bonchev–Trinajstić information content (AvgIpc) is 3.80. The number of rotatable bonds is 8. The van der Waals surface area contributed by atoms with Gasteiger partial charge in [0.15, 0.2) is 11.5 Å². The minimum absolute atomic E-state index is 0.0514. The lowest BCUT2D eigenvalue weighted by Crippen LogP contribution is -2.65. The molecule has 1 unspecified atom stereocenters. The number of benzene rings is 2. The molecule has 2 aliphatic rings. The van der Waals surface area contributed by atoms with Crippen LogP contribution in [-0.4, -0.2) is 83.6 Å². The lowest BCUT2D eigenvalue weighted by molar-refractivity contribution is 0.00381. The third kappa shape index (κ3) is 4.95. The summed E-state index contributed by atoms with van der Waals surface area (Å²) in [5.74, 6) is 1.39. The Balaban J connectivity index is 1.32. The first-order valence-electron chi connectivity index (χ1n) is 15.7. The molecule has 1 N–H and O–H groups in total. The lowest BCUT2D eigenvalue weighted by atomic mass is 9.79. The van der Waals surface area contributed by atoms with E-state index in [4.69, 9.17) is 14.7 Å². The number of imidazole rings is 1. The van der Waals surface area contributed by atoms with E-state index >= 15 is 0 Å². The van der Waals surface area contributed by atoms with Crippen molar-refractivity contribution >= 4 is 22.8 Å². The summed E-state index contributed by atoms with van der Waals surface area (Å²) >= 11 is 0. The summed E-state index contributed by atoms with van der Waals surface area (Å²) in [6, 6.07) is 12.4. The van der Waals surface area contributed by atoms with Crippen LogP contribution in [0.5, 0.6) is 0 Å². The molecule has 3 atom stereocenters. The zero-order valence-electron chi connectivity index (χ0n) is 25.8. The van der Waals surface area contributed by atoms with Crippen LogP contribution in [0.15, 0.2) is 54.9 Å². The Morgan fingerprint density at radius 2 is 1.69 bits per heavy atom. The van der Waals surface area contributed by atoms with Crippen LogP contribution in [0.3, 0.4) is 0 Å². The van der Waals surface area contributed by atoms with Gasteiger partial charge in [-0.05, 0) is 68.5 Å². The van der Waals surface area contributed by atoms with Gasteiger partial charge in [0.1, 0.15) is 29.3 Å². The van der Waals surface area contributed by atoms with Crippen molar-refractivity contribution in [2.45, 2.75) is 70.3 Å². The van der Waals surface area contributed by atoms with E-state index in [1.807, 2.05) is 11.3 Å². The van der Waals surface area contributed by atoms with Crippen LogP contribution in [0.4, 0.5) is 14.6 Å². The highest BCUT2D eigenvalue weighted by Gasteiger charge is 2.47. The predicted molar refractivity (Wildman–Crippen MR) is 166 cm³/mol. The molecule has 7 rings (SSSR count). The van der Waals surface area contributed by atoms with Crippen molar-refractivity contribution in [2.75, 3.05) is 31.2 Å². The molecular formula is C33H38F2N8O2. The number of halogens is 2. The number of ether oxygens (including phenoxy) is 1. The smallest absolute Gasteiger partial charge is 0.258 e. The predicted octanol–water partition coefficient (Wildman–Crippen LogP) is 4.46. The summed E-state index contributed by atoms with van der Waals surface area (Å²) in [6.07, 6.45) is 4.63. The monoisotopic (exact) mass is 616 g/mol. The molecule has 0 bridgehead atoms.